The Kier molecular flexibility index (Phi) is 4.92. The van der Waals surface area contributed by atoms with E-state index in [9.17, 15) is 4.79 Å². The molecule has 29 heavy (non-hydrogen) atoms. The van der Waals surface area contributed by atoms with Crippen LogP contribution in [0.1, 0.15) is 29.1 Å². The molecule has 4 heterocycles. The van der Waals surface area contributed by atoms with Crippen molar-refractivity contribution >= 4 is 27.5 Å². The van der Waals surface area contributed by atoms with E-state index in [1.54, 1.807) is 30.7 Å². The maximum atomic E-state index is 12.7. The second kappa shape index (κ2) is 7.72. The summed E-state index contributed by atoms with van der Waals surface area (Å²) >= 11 is 1.70. The number of aromatic amines is 1. The fraction of sp³-hybridized carbons (Fsp3) is 0.500. The Balaban J connectivity index is 1.29. The van der Waals surface area contributed by atoms with Crippen LogP contribution in [0.2, 0.25) is 0 Å². The lowest BCUT2D eigenvalue weighted by molar-refractivity contribution is 0.243. The number of piperazine rings is 1. The quantitative estimate of drug-likeness (QED) is 0.701. The van der Waals surface area contributed by atoms with Gasteiger partial charge in [-0.25, -0.2) is 9.97 Å². The number of methoxy groups -OCH3 is 1. The molecule has 0 aromatic carbocycles. The van der Waals surface area contributed by atoms with Gasteiger partial charge in [0.15, 0.2) is 0 Å². The zero-order valence-corrected chi connectivity index (χ0v) is 17.3. The van der Waals surface area contributed by atoms with Crippen molar-refractivity contribution < 1.29 is 4.74 Å². The second-order valence-corrected chi connectivity index (χ2v) is 8.65. The molecule has 0 spiro atoms. The summed E-state index contributed by atoms with van der Waals surface area (Å²) in [6, 6.07) is 1.75. The summed E-state index contributed by atoms with van der Waals surface area (Å²) in [5.74, 6) is 2.03. The van der Waals surface area contributed by atoms with Crippen molar-refractivity contribution in [3.8, 4) is 5.88 Å². The molecular formula is C20H24N6O2S. The first kappa shape index (κ1) is 18.5. The SMILES string of the molecule is COc1ccnc(N2CCN(Cc3nc4sc5c(c4c(=O)[nH]3)CCCC5)CC2)n1. The van der Waals surface area contributed by atoms with Crippen molar-refractivity contribution in [1.29, 1.82) is 0 Å². The summed E-state index contributed by atoms with van der Waals surface area (Å²) in [4.78, 5) is 36.1. The summed E-state index contributed by atoms with van der Waals surface area (Å²) in [6.45, 7) is 4.03. The Bertz CT molecular complexity index is 1090. The van der Waals surface area contributed by atoms with Gasteiger partial charge < -0.3 is 14.6 Å². The van der Waals surface area contributed by atoms with E-state index in [1.165, 1.54) is 23.3 Å². The van der Waals surface area contributed by atoms with E-state index in [0.29, 0.717) is 18.4 Å². The van der Waals surface area contributed by atoms with Crippen molar-refractivity contribution in [1.82, 2.24) is 24.8 Å². The number of rotatable bonds is 4. The molecule has 1 saturated heterocycles. The minimum atomic E-state index is 0.0211. The van der Waals surface area contributed by atoms with Crippen LogP contribution in [0.4, 0.5) is 5.95 Å². The number of thiophene rings is 1. The number of anilines is 1. The number of aromatic nitrogens is 4. The number of nitrogens with one attached hydrogen (secondary N) is 1. The summed E-state index contributed by atoms with van der Waals surface area (Å²) in [7, 11) is 1.61. The van der Waals surface area contributed by atoms with Crippen LogP contribution in [0.25, 0.3) is 10.2 Å². The predicted octanol–water partition coefficient (Wildman–Crippen LogP) is 1.98. The van der Waals surface area contributed by atoms with Crippen LogP contribution >= 0.6 is 11.3 Å². The van der Waals surface area contributed by atoms with Gasteiger partial charge in [-0.1, -0.05) is 0 Å². The highest BCUT2D eigenvalue weighted by atomic mass is 32.1. The Morgan fingerprint density at radius 3 is 2.83 bits per heavy atom. The van der Waals surface area contributed by atoms with Crippen LogP contribution in [0.3, 0.4) is 0 Å². The molecule has 1 aliphatic heterocycles. The molecule has 3 aromatic rings. The lowest BCUT2D eigenvalue weighted by Gasteiger charge is -2.34. The first-order valence-corrected chi connectivity index (χ1v) is 10.9. The van der Waals surface area contributed by atoms with Crippen molar-refractivity contribution in [2.24, 2.45) is 0 Å². The van der Waals surface area contributed by atoms with Crippen LogP contribution in [0.5, 0.6) is 5.88 Å². The zero-order valence-electron chi connectivity index (χ0n) is 16.5. The van der Waals surface area contributed by atoms with Crippen molar-refractivity contribution in [2.75, 3.05) is 38.2 Å². The van der Waals surface area contributed by atoms with E-state index in [2.05, 4.69) is 24.8 Å². The number of nitrogens with zero attached hydrogens (tertiary/aromatic N) is 5. The van der Waals surface area contributed by atoms with E-state index >= 15 is 0 Å². The highest BCUT2D eigenvalue weighted by Crippen LogP contribution is 2.33. The van der Waals surface area contributed by atoms with Gasteiger partial charge in [-0.3, -0.25) is 9.69 Å². The molecule has 0 saturated carbocycles. The monoisotopic (exact) mass is 412 g/mol. The van der Waals surface area contributed by atoms with E-state index in [1.807, 2.05) is 0 Å². The van der Waals surface area contributed by atoms with Gasteiger partial charge in [0.2, 0.25) is 11.8 Å². The highest BCUT2D eigenvalue weighted by molar-refractivity contribution is 7.18. The molecule has 1 N–H and O–H groups in total. The van der Waals surface area contributed by atoms with Crippen molar-refractivity contribution in [3.05, 3.63) is 38.9 Å². The normalized spacial score (nSPS) is 17.5. The maximum absolute atomic E-state index is 12.7. The summed E-state index contributed by atoms with van der Waals surface area (Å²) in [5.41, 5.74) is 1.26. The van der Waals surface area contributed by atoms with Crippen LogP contribution in [-0.4, -0.2) is 58.1 Å². The molecule has 0 bridgehead atoms. The Morgan fingerprint density at radius 2 is 2.00 bits per heavy atom. The zero-order chi connectivity index (χ0) is 19.8. The maximum Gasteiger partial charge on any atom is 0.259 e. The van der Waals surface area contributed by atoms with Gasteiger partial charge in [0, 0.05) is 43.3 Å². The number of H-pyrrole nitrogens is 1. The van der Waals surface area contributed by atoms with Gasteiger partial charge in [-0.05, 0) is 31.2 Å². The third-order valence-electron chi connectivity index (χ3n) is 5.73. The standard InChI is InChI=1S/C20H24N6O2S/c1-28-16-6-7-21-20(24-16)26-10-8-25(9-11-26)12-15-22-18(27)17-13-4-2-3-5-14(13)29-19(17)23-15/h6-7H,2-5,8-12H2,1H3,(H,22,23,27). The summed E-state index contributed by atoms with van der Waals surface area (Å²) in [5, 5.41) is 0.827. The van der Waals surface area contributed by atoms with Crippen LogP contribution in [0.15, 0.2) is 17.1 Å². The lowest BCUT2D eigenvalue weighted by atomic mass is 9.97. The fourth-order valence-electron chi connectivity index (χ4n) is 4.20. The minimum Gasteiger partial charge on any atom is -0.481 e. The third kappa shape index (κ3) is 3.60. The Morgan fingerprint density at radius 1 is 1.17 bits per heavy atom. The average Bonchev–Trinajstić information content (AvgIpc) is 3.13. The average molecular weight is 413 g/mol. The lowest BCUT2D eigenvalue weighted by Crippen LogP contribution is -2.46. The molecule has 8 nitrogen and oxygen atoms in total. The van der Waals surface area contributed by atoms with E-state index < -0.39 is 0 Å². The van der Waals surface area contributed by atoms with Crippen LogP contribution < -0.4 is 15.2 Å². The van der Waals surface area contributed by atoms with Crippen LogP contribution in [0, 0.1) is 0 Å². The van der Waals surface area contributed by atoms with Crippen molar-refractivity contribution in [2.45, 2.75) is 32.2 Å². The molecule has 0 unspecified atom stereocenters. The van der Waals surface area contributed by atoms with Gasteiger partial charge >= 0.3 is 0 Å². The summed E-state index contributed by atoms with van der Waals surface area (Å²) < 4.78 is 5.19. The molecular weight excluding hydrogens is 388 g/mol. The van der Waals surface area contributed by atoms with Gasteiger partial charge in [0.1, 0.15) is 10.7 Å². The van der Waals surface area contributed by atoms with Crippen molar-refractivity contribution in [3.63, 3.8) is 0 Å². The smallest absolute Gasteiger partial charge is 0.259 e. The van der Waals surface area contributed by atoms with Gasteiger partial charge in [0.05, 0.1) is 19.0 Å². The van der Waals surface area contributed by atoms with E-state index in [0.717, 1.165) is 55.1 Å². The number of aryl methyl sites for hydroxylation is 2. The van der Waals surface area contributed by atoms with Gasteiger partial charge in [-0.2, -0.15) is 4.98 Å². The predicted molar refractivity (Wildman–Crippen MR) is 113 cm³/mol. The molecule has 0 amide bonds. The molecule has 152 valence electrons. The van der Waals surface area contributed by atoms with Crippen LogP contribution in [-0.2, 0) is 19.4 Å². The Labute approximate surface area is 172 Å². The second-order valence-electron chi connectivity index (χ2n) is 7.57. The molecule has 0 atom stereocenters. The van der Waals surface area contributed by atoms with E-state index in [4.69, 9.17) is 9.72 Å². The molecule has 3 aromatic heterocycles. The third-order valence-corrected chi connectivity index (χ3v) is 6.91. The van der Waals surface area contributed by atoms with Gasteiger partial charge in [0.25, 0.3) is 5.56 Å². The number of ether oxygens (including phenoxy) is 1. The number of hydrogen-bond donors (Lipinski definition) is 1. The largest absolute Gasteiger partial charge is 0.481 e. The minimum absolute atomic E-state index is 0.0211. The highest BCUT2D eigenvalue weighted by Gasteiger charge is 2.22. The first-order valence-electron chi connectivity index (χ1n) is 10.1. The molecule has 1 fully saturated rings. The fourth-order valence-corrected chi connectivity index (χ4v) is 5.48. The molecule has 1 aliphatic carbocycles. The first-order chi connectivity index (χ1) is 14.2. The number of hydrogen-bond acceptors (Lipinski definition) is 8. The molecule has 5 rings (SSSR count). The Hall–Kier alpha value is -2.52. The molecule has 9 heteroatoms. The topological polar surface area (TPSA) is 87.2 Å². The summed E-state index contributed by atoms with van der Waals surface area (Å²) in [6.07, 6.45) is 6.19. The number of fused-ring (bicyclic) bond motifs is 3. The van der Waals surface area contributed by atoms with Gasteiger partial charge in [-0.15, -0.1) is 11.3 Å². The molecule has 2 aliphatic rings. The molecule has 0 radical (unpaired) electrons. The van der Waals surface area contributed by atoms with E-state index in [-0.39, 0.29) is 5.56 Å².